The summed E-state index contributed by atoms with van der Waals surface area (Å²) in [6.45, 7) is 1.18. The Kier molecular flexibility index (Phi) is 4.76. The molecule has 0 bridgehead atoms. The topological polar surface area (TPSA) is 102 Å². The van der Waals surface area contributed by atoms with Gasteiger partial charge in [-0.25, -0.2) is 18.9 Å². The quantitative estimate of drug-likeness (QED) is 0.720. The SMILES string of the molecule is Cn1cc(C(=O)N2CCC(Cc3n[nH]c(=O)n3-c3ccccc3F)CC2)nn1. The molecule has 1 N–H and O–H groups in total. The Morgan fingerprint density at radius 3 is 2.71 bits per heavy atom. The van der Waals surface area contributed by atoms with Crippen LogP contribution in [0.5, 0.6) is 0 Å². The molecule has 1 fully saturated rings. The van der Waals surface area contributed by atoms with Crippen molar-refractivity contribution in [1.29, 1.82) is 0 Å². The molecule has 2 aromatic heterocycles. The van der Waals surface area contributed by atoms with E-state index in [0.29, 0.717) is 31.0 Å². The van der Waals surface area contributed by atoms with Crippen LogP contribution in [0.1, 0.15) is 29.2 Å². The van der Waals surface area contributed by atoms with Gasteiger partial charge in [0.2, 0.25) is 0 Å². The Bertz CT molecular complexity index is 1050. The van der Waals surface area contributed by atoms with E-state index in [4.69, 9.17) is 0 Å². The Morgan fingerprint density at radius 2 is 2.04 bits per heavy atom. The summed E-state index contributed by atoms with van der Waals surface area (Å²) in [4.78, 5) is 26.4. The van der Waals surface area contributed by atoms with Crippen molar-refractivity contribution in [2.45, 2.75) is 19.3 Å². The molecule has 1 aliphatic rings. The molecule has 1 saturated heterocycles. The normalized spacial score (nSPS) is 15.1. The molecule has 0 radical (unpaired) electrons. The summed E-state index contributed by atoms with van der Waals surface area (Å²) in [6.07, 6.45) is 3.67. The molecule has 3 heterocycles. The number of aromatic nitrogens is 6. The molecule has 0 spiro atoms. The third-order valence-electron chi connectivity index (χ3n) is 5.03. The lowest BCUT2D eigenvalue weighted by Gasteiger charge is -2.31. The number of H-pyrrole nitrogens is 1. The number of nitrogens with one attached hydrogen (secondary N) is 1. The summed E-state index contributed by atoms with van der Waals surface area (Å²) in [6, 6.07) is 6.12. The first-order valence-electron chi connectivity index (χ1n) is 9.09. The summed E-state index contributed by atoms with van der Waals surface area (Å²) in [5.41, 5.74) is 0.0588. The van der Waals surface area contributed by atoms with Gasteiger partial charge in [0.15, 0.2) is 5.69 Å². The van der Waals surface area contributed by atoms with Crippen LogP contribution in [-0.4, -0.2) is 53.7 Å². The maximum atomic E-state index is 14.1. The first-order chi connectivity index (χ1) is 13.5. The average Bonchev–Trinajstić information content (AvgIpc) is 3.28. The van der Waals surface area contributed by atoms with Gasteiger partial charge in [0.05, 0.1) is 11.9 Å². The molecule has 28 heavy (non-hydrogen) atoms. The van der Waals surface area contributed by atoms with E-state index in [-0.39, 0.29) is 17.5 Å². The molecule has 0 unspecified atom stereocenters. The molecule has 4 rings (SSSR count). The molecular weight excluding hydrogens is 365 g/mol. The van der Waals surface area contributed by atoms with E-state index < -0.39 is 11.5 Å². The number of aryl methyl sites for hydroxylation is 1. The zero-order chi connectivity index (χ0) is 19.7. The fourth-order valence-electron chi connectivity index (χ4n) is 3.55. The van der Waals surface area contributed by atoms with E-state index in [1.54, 1.807) is 36.3 Å². The van der Waals surface area contributed by atoms with Crippen molar-refractivity contribution in [3.8, 4) is 5.69 Å². The van der Waals surface area contributed by atoms with Crippen LogP contribution >= 0.6 is 0 Å². The minimum Gasteiger partial charge on any atom is -0.337 e. The van der Waals surface area contributed by atoms with Gasteiger partial charge in [0, 0.05) is 26.6 Å². The van der Waals surface area contributed by atoms with Crippen molar-refractivity contribution in [1.82, 2.24) is 34.7 Å². The fourth-order valence-corrected chi connectivity index (χ4v) is 3.55. The highest BCUT2D eigenvalue weighted by Gasteiger charge is 2.27. The van der Waals surface area contributed by atoms with Gasteiger partial charge >= 0.3 is 5.69 Å². The highest BCUT2D eigenvalue weighted by atomic mass is 19.1. The number of halogens is 1. The van der Waals surface area contributed by atoms with Crippen LogP contribution in [0.4, 0.5) is 4.39 Å². The highest BCUT2D eigenvalue weighted by molar-refractivity contribution is 5.91. The van der Waals surface area contributed by atoms with Gasteiger partial charge in [-0.15, -0.1) is 5.10 Å². The second-order valence-corrected chi connectivity index (χ2v) is 6.95. The van der Waals surface area contributed by atoms with Crippen molar-refractivity contribution in [3.05, 3.63) is 58.3 Å². The van der Waals surface area contributed by atoms with Gasteiger partial charge in [-0.1, -0.05) is 17.3 Å². The maximum Gasteiger partial charge on any atom is 0.348 e. The molecular formula is C18H20FN7O2. The van der Waals surface area contributed by atoms with Crippen LogP contribution in [0.15, 0.2) is 35.3 Å². The van der Waals surface area contributed by atoms with Crippen molar-refractivity contribution >= 4 is 5.91 Å². The minimum atomic E-state index is -0.475. The van der Waals surface area contributed by atoms with E-state index in [0.717, 1.165) is 12.8 Å². The number of hydrogen-bond donors (Lipinski definition) is 1. The van der Waals surface area contributed by atoms with E-state index in [2.05, 4.69) is 20.5 Å². The standard InChI is InChI=1S/C18H20FN7O2/c1-24-11-14(20-23-24)17(27)25-8-6-12(7-9-25)10-16-21-22-18(28)26(16)15-5-3-2-4-13(15)19/h2-5,11-12H,6-10H2,1H3,(H,22,28). The second kappa shape index (κ2) is 7.37. The molecule has 1 aliphatic heterocycles. The van der Waals surface area contributed by atoms with Crippen LogP contribution in [0.25, 0.3) is 5.69 Å². The lowest BCUT2D eigenvalue weighted by molar-refractivity contribution is 0.0683. The smallest absolute Gasteiger partial charge is 0.337 e. The monoisotopic (exact) mass is 385 g/mol. The zero-order valence-electron chi connectivity index (χ0n) is 15.4. The van der Waals surface area contributed by atoms with Crippen LogP contribution in [0.3, 0.4) is 0 Å². The number of amides is 1. The van der Waals surface area contributed by atoms with Crippen LogP contribution in [0, 0.1) is 11.7 Å². The van der Waals surface area contributed by atoms with Crippen molar-refractivity contribution in [3.63, 3.8) is 0 Å². The highest BCUT2D eigenvalue weighted by Crippen LogP contribution is 2.23. The molecule has 0 aliphatic carbocycles. The minimum absolute atomic E-state index is 0.130. The molecule has 0 atom stereocenters. The van der Waals surface area contributed by atoms with E-state index >= 15 is 0 Å². The first-order valence-corrected chi connectivity index (χ1v) is 9.09. The number of benzene rings is 1. The Morgan fingerprint density at radius 1 is 1.29 bits per heavy atom. The average molecular weight is 385 g/mol. The van der Waals surface area contributed by atoms with Crippen molar-refractivity contribution < 1.29 is 9.18 Å². The number of likely N-dealkylation sites (tertiary alicyclic amines) is 1. The van der Waals surface area contributed by atoms with Crippen molar-refractivity contribution in [2.24, 2.45) is 13.0 Å². The van der Waals surface area contributed by atoms with Gasteiger partial charge in [-0.3, -0.25) is 9.48 Å². The number of carbonyl (C=O) groups excluding carboxylic acids is 1. The summed E-state index contributed by atoms with van der Waals surface area (Å²) in [5.74, 6) is 0.131. The van der Waals surface area contributed by atoms with Crippen LogP contribution < -0.4 is 5.69 Å². The Labute approximate surface area is 159 Å². The molecule has 1 amide bonds. The predicted octanol–water partition coefficient (Wildman–Crippen LogP) is 0.923. The number of nitrogens with zero attached hydrogens (tertiary/aromatic N) is 6. The summed E-state index contributed by atoms with van der Waals surface area (Å²) >= 11 is 0. The summed E-state index contributed by atoms with van der Waals surface area (Å²) < 4.78 is 16.9. The molecule has 10 heteroatoms. The van der Waals surface area contributed by atoms with Gasteiger partial charge < -0.3 is 4.90 Å². The van der Waals surface area contributed by atoms with E-state index in [9.17, 15) is 14.0 Å². The molecule has 1 aromatic carbocycles. The van der Waals surface area contributed by atoms with Gasteiger partial charge in [0.25, 0.3) is 5.91 Å². The van der Waals surface area contributed by atoms with E-state index in [1.807, 2.05) is 0 Å². The number of carbonyl (C=O) groups is 1. The first kappa shape index (κ1) is 18.1. The number of rotatable bonds is 4. The third-order valence-corrected chi connectivity index (χ3v) is 5.03. The lowest BCUT2D eigenvalue weighted by Crippen LogP contribution is -2.39. The zero-order valence-corrected chi connectivity index (χ0v) is 15.4. The van der Waals surface area contributed by atoms with Crippen LogP contribution in [0.2, 0.25) is 0 Å². The molecule has 0 saturated carbocycles. The third kappa shape index (κ3) is 3.45. The Balaban J connectivity index is 1.44. The lowest BCUT2D eigenvalue weighted by atomic mass is 9.93. The van der Waals surface area contributed by atoms with Gasteiger partial charge in [-0.2, -0.15) is 5.10 Å². The Hall–Kier alpha value is -3.30. The molecule has 3 aromatic rings. The van der Waals surface area contributed by atoms with Gasteiger partial charge in [0.1, 0.15) is 11.6 Å². The fraction of sp³-hybridized carbons (Fsp3) is 0.389. The number of piperidine rings is 1. The molecule has 146 valence electrons. The van der Waals surface area contributed by atoms with E-state index in [1.165, 1.54) is 15.3 Å². The van der Waals surface area contributed by atoms with Crippen LogP contribution in [-0.2, 0) is 13.5 Å². The number of para-hydroxylation sites is 1. The number of hydrogen-bond acceptors (Lipinski definition) is 5. The maximum absolute atomic E-state index is 14.1. The van der Waals surface area contributed by atoms with Gasteiger partial charge in [-0.05, 0) is 30.9 Å². The van der Waals surface area contributed by atoms with Crippen molar-refractivity contribution in [2.75, 3.05) is 13.1 Å². The summed E-state index contributed by atoms with van der Waals surface area (Å²) in [5, 5.41) is 14.2. The predicted molar refractivity (Wildman–Crippen MR) is 97.5 cm³/mol. The largest absolute Gasteiger partial charge is 0.348 e. The second-order valence-electron chi connectivity index (χ2n) is 6.95. The summed E-state index contributed by atoms with van der Waals surface area (Å²) in [7, 11) is 1.72. The number of aromatic amines is 1. The molecule has 9 nitrogen and oxygen atoms in total.